The van der Waals surface area contributed by atoms with E-state index in [1.165, 1.54) is 6.08 Å². The van der Waals surface area contributed by atoms with Crippen LogP contribution < -0.4 is 4.74 Å². The van der Waals surface area contributed by atoms with Gasteiger partial charge >= 0.3 is 5.97 Å². The van der Waals surface area contributed by atoms with Crippen molar-refractivity contribution in [3.05, 3.63) is 82.5 Å². The molecule has 2 aromatic carbocycles. The molecule has 0 aliphatic carbocycles. The lowest BCUT2D eigenvalue weighted by atomic mass is 10.2. The van der Waals surface area contributed by atoms with Gasteiger partial charge in [-0.25, -0.2) is 9.79 Å². The van der Waals surface area contributed by atoms with Crippen molar-refractivity contribution in [1.82, 2.24) is 0 Å². The molecule has 0 bridgehead atoms. The first-order valence-corrected chi connectivity index (χ1v) is 7.63. The Morgan fingerprint density at radius 3 is 2.50 bits per heavy atom. The van der Waals surface area contributed by atoms with E-state index in [1.807, 2.05) is 30.3 Å². The summed E-state index contributed by atoms with van der Waals surface area (Å²) in [4.78, 5) is 16.2. The van der Waals surface area contributed by atoms with Crippen molar-refractivity contribution >= 4 is 29.5 Å². The Kier molecular flexibility index (Phi) is 4.77. The number of esters is 1. The zero-order chi connectivity index (χ0) is 16.9. The maximum Gasteiger partial charge on any atom is 0.363 e. The number of ether oxygens (including phenoxy) is 2. The van der Waals surface area contributed by atoms with E-state index in [0.717, 1.165) is 5.56 Å². The first-order valence-electron chi connectivity index (χ1n) is 7.25. The molecule has 0 unspecified atom stereocenters. The van der Waals surface area contributed by atoms with E-state index in [9.17, 15) is 4.79 Å². The van der Waals surface area contributed by atoms with Crippen molar-refractivity contribution in [3.8, 4) is 5.75 Å². The molecule has 0 spiro atoms. The van der Waals surface area contributed by atoms with Crippen LogP contribution in [-0.2, 0) is 9.53 Å². The number of benzene rings is 2. The first-order chi connectivity index (χ1) is 11.7. The summed E-state index contributed by atoms with van der Waals surface area (Å²) in [6.07, 6.45) is 3.25. The molecule has 0 N–H and O–H groups in total. The van der Waals surface area contributed by atoms with Gasteiger partial charge in [0.2, 0.25) is 5.90 Å². The predicted molar refractivity (Wildman–Crippen MR) is 94.0 cm³/mol. The molecule has 0 saturated carbocycles. The molecule has 1 aliphatic rings. The predicted octanol–water partition coefficient (Wildman–Crippen LogP) is 4.16. The molecule has 1 heterocycles. The number of carbonyl (C=O) groups excluding carboxylic acids is 1. The minimum atomic E-state index is -0.527. The molecule has 0 saturated heterocycles. The lowest BCUT2D eigenvalue weighted by Crippen LogP contribution is -2.05. The Balaban J connectivity index is 1.84. The lowest BCUT2D eigenvalue weighted by Gasteiger charge is -2.01. The Hall–Kier alpha value is -2.85. The van der Waals surface area contributed by atoms with Gasteiger partial charge in [0.05, 0.1) is 7.11 Å². The molecule has 2 aromatic rings. The highest BCUT2D eigenvalue weighted by atomic mass is 35.5. The third-order valence-electron chi connectivity index (χ3n) is 3.34. The highest BCUT2D eigenvalue weighted by molar-refractivity contribution is 6.33. The number of allylic oxidation sites excluding steroid dienone is 2. The average molecular weight is 340 g/mol. The van der Waals surface area contributed by atoms with E-state index in [-0.39, 0.29) is 11.6 Å². The maximum atomic E-state index is 12.0. The Morgan fingerprint density at radius 2 is 1.83 bits per heavy atom. The van der Waals surface area contributed by atoms with Gasteiger partial charge in [0.1, 0.15) is 5.75 Å². The lowest BCUT2D eigenvalue weighted by molar-refractivity contribution is -0.130. The van der Waals surface area contributed by atoms with Gasteiger partial charge in [-0.3, -0.25) is 0 Å². The number of hydrogen-bond acceptors (Lipinski definition) is 4. The fourth-order valence-corrected chi connectivity index (χ4v) is 2.38. The van der Waals surface area contributed by atoms with Crippen LogP contribution in [0.2, 0.25) is 0 Å². The van der Waals surface area contributed by atoms with Crippen LogP contribution in [0.25, 0.3) is 6.08 Å². The molecular weight excluding hydrogens is 326 g/mol. The van der Waals surface area contributed by atoms with Gasteiger partial charge in [0.15, 0.2) is 5.70 Å². The van der Waals surface area contributed by atoms with Crippen LogP contribution in [0.5, 0.6) is 5.75 Å². The minimum absolute atomic E-state index is 0.165. The van der Waals surface area contributed by atoms with Crippen LogP contribution in [0, 0.1) is 0 Å². The van der Waals surface area contributed by atoms with Crippen LogP contribution in [0.3, 0.4) is 0 Å². The molecule has 0 aromatic heterocycles. The van der Waals surface area contributed by atoms with Gasteiger partial charge in [-0.05, 0) is 42.0 Å². The van der Waals surface area contributed by atoms with E-state index in [0.29, 0.717) is 16.3 Å². The number of halogens is 1. The van der Waals surface area contributed by atoms with Crippen molar-refractivity contribution in [3.63, 3.8) is 0 Å². The van der Waals surface area contributed by atoms with Crippen molar-refractivity contribution in [2.75, 3.05) is 7.11 Å². The fraction of sp³-hybridized carbons (Fsp3) is 0.0526. The van der Waals surface area contributed by atoms with Gasteiger partial charge in [-0.2, -0.15) is 0 Å². The van der Waals surface area contributed by atoms with Crippen molar-refractivity contribution in [2.24, 2.45) is 4.99 Å². The molecule has 1 aliphatic heterocycles. The van der Waals surface area contributed by atoms with Crippen molar-refractivity contribution in [2.45, 2.75) is 0 Å². The highest BCUT2D eigenvalue weighted by Crippen LogP contribution is 2.21. The second-order valence-electron chi connectivity index (χ2n) is 5.00. The third kappa shape index (κ3) is 3.73. The Morgan fingerprint density at radius 1 is 1.12 bits per heavy atom. The largest absolute Gasteiger partial charge is 0.497 e. The van der Waals surface area contributed by atoms with Crippen LogP contribution in [0.15, 0.2) is 76.4 Å². The second-order valence-corrected chi connectivity index (χ2v) is 5.44. The van der Waals surface area contributed by atoms with E-state index in [2.05, 4.69) is 4.99 Å². The van der Waals surface area contributed by atoms with Gasteiger partial charge < -0.3 is 9.47 Å². The number of nitrogens with zero attached hydrogens (tertiary/aromatic N) is 1. The summed E-state index contributed by atoms with van der Waals surface area (Å²) in [7, 11) is 1.59. The highest BCUT2D eigenvalue weighted by Gasteiger charge is 2.24. The number of cyclic esters (lactones) is 1. The number of methoxy groups -OCH3 is 1. The monoisotopic (exact) mass is 339 g/mol. The summed E-state index contributed by atoms with van der Waals surface area (Å²) in [5.74, 6) is 0.437. The number of rotatable bonds is 4. The minimum Gasteiger partial charge on any atom is -0.497 e. The van der Waals surface area contributed by atoms with Gasteiger partial charge in [0, 0.05) is 10.6 Å². The topological polar surface area (TPSA) is 47.9 Å². The van der Waals surface area contributed by atoms with Crippen LogP contribution >= 0.6 is 11.6 Å². The van der Waals surface area contributed by atoms with Gasteiger partial charge in [-0.15, -0.1) is 0 Å². The zero-order valence-electron chi connectivity index (χ0n) is 12.9. The zero-order valence-corrected chi connectivity index (χ0v) is 13.7. The molecule has 0 fully saturated rings. The summed E-state index contributed by atoms with van der Waals surface area (Å²) in [5.41, 5.74) is 1.79. The van der Waals surface area contributed by atoms with Crippen LogP contribution in [-0.4, -0.2) is 19.0 Å². The van der Waals surface area contributed by atoms with Gasteiger partial charge in [-0.1, -0.05) is 41.9 Å². The van der Waals surface area contributed by atoms with E-state index < -0.39 is 5.97 Å². The quantitative estimate of drug-likeness (QED) is 0.620. The summed E-state index contributed by atoms with van der Waals surface area (Å²) in [6.45, 7) is 0. The smallest absolute Gasteiger partial charge is 0.363 e. The van der Waals surface area contributed by atoms with Crippen molar-refractivity contribution < 1.29 is 14.3 Å². The van der Waals surface area contributed by atoms with Crippen LogP contribution in [0.1, 0.15) is 11.1 Å². The third-order valence-corrected chi connectivity index (χ3v) is 3.55. The normalized spacial score (nSPS) is 16.1. The molecular formula is C19H14ClNO3. The molecule has 3 rings (SSSR count). The SMILES string of the molecule is COc1ccc(C2=NC(=CC(Cl)=Cc3ccccc3)C(=O)O2)cc1. The van der Waals surface area contributed by atoms with E-state index >= 15 is 0 Å². The maximum absolute atomic E-state index is 12.0. The average Bonchev–Trinajstić information content (AvgIpc) is 2.96. The first kappa shape index (κ1) is 16.0. The summed E-state index contributed by atoms with van der Waals surface area (Å²) in [6, 6.07) is 16.7. The molecule has 0 atom stereocenters. The standard InChI is InChI=1S/C19H14ClNO3/c1-23-16-9-7-14(8-10-16)18-21-17(19(22)24-18)12-15(20)11-13-5-3-2-4-6-13/h2-12H,1H3. The molecule has 5 heteroatoms. The Bertz CT molecular complexity index is 837. The van der Waals surface area contributed by atoms with E-state index in [1.54, 1.807) is 37.5 Å². The van der Waals surface area contributed by atoms with Gasteiger partial charge in [0.25, 0.3) is 0 Å². The molecule has 0 radical (unpaired) electrons. The number of hydrogen-bond donors (Lipinski definition) is 0. The fourth-order valence-electron chi connectivity index (χ4n) is 2.15. The summed E-state index contributed by atoms with van der Waals surface area (Å²) < 4.78 is 10.3. The number of carbonyl (C=O) groups is 1. The van der Waals surface area contributed by atoms with Crippen molar-refractivity contribution in [1.29, 1.82) is 0 Å². The second kappa shape index (κ2) is 7.15. The Labute approximate surface area is 144 Å². The summed E-state index contributed by atoms with van der Waals surface area (Å²) in [5, 5.41) is 0.396. The number of aliphatic imine (C=N–C) groups is 1. The van der Waals surface area contributed by atoms with Crippen LogP contribution in [0.4, 0.5) is 0 Å². The molecule has 120 valence electrons. The molecule has 0 amide bonds. The summed E-state index contributed by atoms with van der Waals surface area (Å²) >= 11 is 6.19. The molecule has 4 nitrogen and oxygen atoms in total. The molecule has 24 heavy (non-hydrogen) atoms. The van der Waals surface area contributed by atoms with E-state index in [4.69, 9.17) is 21.1 Å².